The molecule has 1 aliphatic rings. The van der Waals surface area contributed by atoms with E-state index < -0.39 is 6.10 Å². The number of rotatable bonds is 5. The second-order valence-electron chi connectivity index (χ2n) is 6.25. The summed E-state index contributed by atoms with van der Waals surface area (Å²) in [6.45, 7) is 3.52. The smallest absolute Gasteiger partial charge is 0.122 e. The molecule has 0 saturated heterocycles. The third-order valence-corrected chi connectivity index (χ3v) is 4.46. The predicted octanol–water partition coefficient (Wildman–Crippen LogP) is 2.29. The van der Waals surface area contributed by atoms with E-state index in [2.05, 4.69) is 26.6 Å². The predicted molar refractivity (Wildman–Crippen MR) is 93.0 cm³/mol. The number of benzene rings is 2. The lowest BCUT2D eigenvalue weighted by Gasteiger charge is -2.29. The molecule has 1 aromatic heterocycles. The van der Waals surface area contributed by atoms with Gasteiger partial charge in [-0.15, -0.1) is 0 Å². The fourth-order valence-electron chi connectivity index (χ4n) is 3.18. The average molecular weight is 323 g/mol. The van der Waals surface area contributed by atoms with Crippen LogP contribution in [0.15, 0.2) is 54.9 Å². The van der Waals surface area contributed by atoms with Crippen LogP contribution in [0.3, 0.4) is 0 Å². The zero-order valence-corrected chi connectivity index (χ0v) is 13.5. The SMILES string of the molecule is O[C@H](COc1ccc2ccccc2c1)CN1CCn2ccnc2C1. The maximum atomic E-state index is 10.3. The maximum Gasteiger partial charge on any atom is 0.122 e. The molecule has 5 heteroatoms. The first-order chi connectivity index (χ1) is 11.8. The Morgan fingerprint density at radius 1 is 1.12 bits per heavy atom. The molecule has 0 unspecified atom stereocenters. The number of hydrogen-bond donors (Lipinski definition) is 1. The maximum absolute atomic E-state index is 10.3. The van der Waals surface area contributed by atoms with Crippen molar-refractivity contribution < 1.29 is 9.84 Å². The third kappa shape index (κ3) is 3.27. The standard InChI is InChI=1S/C19H21N3O2/c23-17(12-21-9-10-22-8-7-20-19(22)13-21)14-24-18-6-5-15-3-1-2-4-16(15)11-18/h1-8,11,17,23H,9-10,12-14H2/t17-/m0/s1. The summed E-state index contributed by atoms with van der Waals surface area (Å²) >= 11 is 0. The number of ether oxygens (including phenoxy) is 1. The Kier molecular flexibility index (Phi) is 4.19. The first-order valence-corrected chi connectivity index (χ1v) is 8.30. The summed E-state index contributed by atoms with van der Waals surface area (Å²) in [5, 5.41) is 12.6. The van der Waals surface area contributed by atoms with E-state index in [4.69, 9.17) is 4.74 Å². The number of aliphatic hydroxyl groups excluding tert-OH is 1. The van der Waals surface area contributed by atoms with Crippen molar-refractivity contribution in [3.05, 3.63) is 60.7 Å². The molecule has 24 heavy (non-hydrogen) atoms. The van der Waals surface area contributed by atoms with Gasteiger partial charge in [-0.1, -0.05) is 30.3 Å². The molecule has 1 aliphatic heterocycles. The minimum Gasteiger partial charge on any atom is -0.491 e. The normalized spacial score (nSPS) is 16.0. The Morgan fingerprint density at radius 3 is 2.92 bits per heavy atom. The Hall–Kier alpha value is -2.37. The third-order valence-electron chi connectivity index (χ3n) is 4.46. The van der Waals surface area contributed by atoms with E-state index in [1.54, 1.807) is 0 Å². The number of fused-ring (bicyclic) bond motifs is 2. The van der Waals surface area contributed by atoms with Crippen LogP contribution in [0, 0.1) is 0 Å². The molecule has 0 aliphatic carbocycles. The monoisotopic (exact) mass is 323 g/mol. The minimum absolute atomic E-state index is 0.295. The van der Waals surface area contributed by atoms with Gasteiger partial charge in [-0.2, -0.15) is 0 Å². The van der Waals surface area contributed by atoms with Gasteiger partial charge in [0.2, 0.25) is 0 Å². The van der Waals surface area contributed by atoms with E-state index in [0.717, 1.165) is 36.6 Å². The summed E-state index contributed by atoms with van der Waals surface area (Å²) < 4.78 is 7.94. The lowest BCUT2D eigenvalue weighted by Crippen LogP contribution is -2.40. The summed E-state index contributed by atoms with van der Waals surface area (Å²) in [6.07, 6.45) is 3.32. The van der Waals surface area contributed by atoms with E-state index in [9.17, 15) is 5.11 Å². The highest BCUT2D eigenvalue weighted by molar-refractivity contribution is 5.83. The van der Waals surface area contributed by atoms with Crippen molar-refractivity contribution in [3.63, 3.8) is 0 Å². The first kappa shape index (κ1) is 15.2. The van der Waals surface area contributed by atoms with Crippen LogP contribution in [-0.4, -0.2) is 45.4 Å². The second-order valence-corrected chi connectivity index (χ2v) is 6.25. The molecule has 4 rings (SSSR count). The molecule has 2 aromatic carbocycles. The molecule has 1 atom stereocenters. The van der Waals surface area contributed by atoms with Crippen LogP contribution in [-0.2, 0) is 13.1 Å². The molecule has 124 valence electrons. The summed E-state index contributed by atoms with van der Waals surface area (Å²) in [4.78, 5) is 6.56. The number of imidazole rings is 1. The van der Waals surface area contributed by atoms with Crippen LogP contribution in [0.1, 0.15) is 5.82 Å². The van der Waals surface area contributed by atoms with E-state index in [1.807, 2.05) is 42.7 Å². The number of aliphatic hydroxyl groups is 1. The van der Waals surface area contributed by atoms with Gasteiger partial charge in [0.15, 0.2) is 0 Å². The van der Waals surface area contributed by atoms with Crippen molar-refractivity contribution in [1.82, 2.24) is 14.5 Å². The van der Waals surface area contributed by atoms with Crippen LogP contribution >= 0.6 is 0 Å². The summed E-state index contributed by atoms with van der Waals surface area (Å²) in [5.74, 6) is 1.85. The number of β-amino-alcohol motifs (C(OH)–C–C–N with tert-alkyl or cyclic N) is 1. The molecule has 0 saturated carbocycles. The van der Waals surface area contributed by atoms with Crippen LogP contribution < -0.4 is 4.74 Å². The van der Waals surface area contributed by atoms with Gasteiger partial charge in [0.25, 0.3) is 0 Å². The van der Waals surface area contributed by atoms with Gasteiger partial charge in [0, 0.05) is 32.0 Å². The summed E-state index contributed by atoms with van der Waals surface area (Å²) in [5.41, 5.74) is 0. The second kappa shape index (κ2) is 6.63. The van der Waals surface area contributed by atoms with Crippen molar-refractivity contribution in [2.45, 2.75) is 19.2 Å². The van der Waals surface area contributed by atoms with Crippen LogP contribution in [0.25, 0.3) is 10.8 Å². The molecular weight excluding hydrogens is 302 g/mol. The van der Waals surface area contributed by atoms with E-state index >= 15 is 0 Å². The van der Waals surface area contributed by atoms with E-state index in [0.29, 0.717) is 13.2 Å². The molecule has 0 radical (unpaired) electrons. The number of hydrogen-bond acceptors (Lipinski definition) is 4. The lowest BCUT2D eigenvalue weighted by molar-refractivity contribution is 0.0584. The molecule has 5 nitrogen and oxygen atoms in total. The molecule has 3 aromatic rings. The molecule has 0 spiro atoms. The van der Waals surface area contributed by atoms with Gasteiger partial charge in [-0.25, -0.2) is 4.98 Å². The number of aromatic nitrogens is 2. The van der Waals surface area contributed by atoms with Crippen molar-refractivity contribution in [1.29, 1.82) is 0 Å². The lowest BCUT2D eigenvalue weighted by atomic mass is 10.1. The minimum atomic E-state index is -0.516. The van der Waals surface area contributed by atoms with E-state index in [-0.39, 0.29) is 0 Å². The molecule has 1 N–H and O–H groups in total. The highest BCUT2D eigenvalue weighted by Gasteiger charge is 2.19. The quantitative estimate of drug-likeness (QED) is 0.783. The van der Waals surface area contributed by atoms with Crippen LogP contribution in [0.2, 0.25) is 0 Å². The van der Waals surface area contributed by atoms with Crippen molar-refractivity contribution in [3.8, 4) is 5.75 Å². The fraction of sp³-hybridized carbons (Fsp3) is 0.316. The molecular formula is C19H21N3O2. The molecule has 0 bridgehead atoms. The molecule has 2 heterocycles. The Labute approximate surface area is 141 Å². The van der Waals surface area contributed by atoms with Crippen molar-refractivity contribution >= 4 is 10.8 Å². The number of nitrogens with zero attached hydrogens (tertiary/aromatic N) is 3. The zero-order valence-electron chi connectivity index (χ0n) is 13.5. The topological polar surface area (TPSA) is 50.5 Å². The van der Waals surface area contributed by atoms with Crippen molar-refractivity contribution in [2.24, 2.45) is 0 Å². The fourth-order valence-corrected chi connectivity index (χ4v) is 3.18. The first-order valence-electron chi connectivity index (χ1n) is 8.30. The Morgan fingerprint density at radius 2 is 2.00 bits per heavy atom. The van der Waals surface area contributed by atoms with Crippen LogP contribution in [0.5, 0.6) is 5.75 Å². The Bertz CT molecular complexity index is 830. The van der Waals surface area contributed by atoms with Gasteiger partial charge >= 0.3 is 0 Å². The molecule has 0 fully saturated rings. The average Bonchev–Trinajstić information content (AvgIpc) is 3.07. The van der Waals surface area contributed by atoms with Crippen molar-refractivity contribution in [2.75, 3.05) is 19.7 Å². The van der Waals surface area contributed by atoms with Gasteiger partial charge in [0.1, 0.15) is 24.3 Å². The zero-order chi connectivity index (χ0) is 16.4. The summed E-state index contributed by atoms with van der Waals surface area (Å²) in [6, 6.07) is 14.2. The largest absolute Gasteiger partial charge is 0.491 e. The highest BCUT2D eigenvalue weighted by Crippen LogP contribution is 2.20. The van der Waals surface area contributed by atoms with Crippen LogP contribution in [0.4, 0.5) is 0 Å². The van der Waals surface area contributed by atoms with Gasteiger partial charge in [0.05, 0.1) is 6.54 Å². The van der Waals surface area contributed by atoms with E-state index in [1.165, 1.54) is 5.39 Å². The Balaban J connectivity index is 1.32. The summed E-state index contributed by atoms with van der Waals surface area (Å²) in [7, 11) is 0. The highest BCUT2D eigenvalue weighted by atomic mass is 16.5. The van der Waals surface area contributed by atoms with Gasteiger partial charge in [-0.3, -0.25) is 4.90 Å². The molecule has 0 amide bonds. The van der Waals surface area contributed by atoms with Gasteiger partial charge < -0.3 is 14.4 Å². The van der Waals surface area contributed by atoms with Gasteiger partial charge in [-0.05, 0) is 22.9 Å².